The van der Waals surface area contributed by atoms with Gasteiger partial charge in [0.05, 0.1) is 0 Å². The Balaban J connectivity index is 0.00000264. The number of halogens is 1. The van der Waals surface area contributed by atoms with E-state index in [0.717, 1.165) is 18.5 Å². The van der Waals surface area contributed by atoms with Crippen molar-refractivity contribution in [3.05, 3.63) is 60.2 Å². The Morgan fingerprint density at radius 1 is 1.04 bits per heavy atom. The summed E-state index contributed by atoms with van der Waals surface area (Å²) in [6, 6.07) is 18.5. The van der Waals surface area contributed by atoms with Crippen LogP contribution in [0.1, 0.15) is 18.4 Å². The molecule has 2 aromatic carbocycles. The maximum absolute atomic E-state index is 11.8. The molecular formula is C18H23ClN2OS. The van der Waals surface area contributed by atoms with E-state index in [-0.39, 0.29) is 18.3 Å². The highest BCUT2D eigenvalue weighted by Gasteiger charge is 2.06. The van der Waals surface area contributed by atoms with E-state index in [1.54, 1.807) is 11.8 Å². The van der Waals surface area contributed by atoms with E-state index in [4.69, 9.17) is 0 Å². The molecule has 0 atom stereocenters. The second-order valence-electron chi connectivity index (χ2n) is 5.01. The van der Waals surface area contributed by atoms with Gasteiger partial charge in [-0.1, -0.05) is 48.2 Å². The quantitative estimate of drug-likeness (QED) is 0.710. The first-order chi connectivity index (χ1) is 10.8. The lowest BCUT2D eigenvalue weighted by Crippen LogP contribution is -2.23. The molecular weight excluding hydrogens is 328 g/mol. The Morgan fingerprint density at radius 2 is 1.74 bits per heavy atom. The highest BCUT2D eigenvalue weighted by Crippen LogP contribution is 2.30. The molecule has 0 aromatic heterocycles. The van der Waals surface area contributed by atoms with Crippen LogP contribution < -0.4 is 10.6 Å². The largest absolute Gasteiger partial charge is 0.352 e. The van der Waals surface area contributed by atoms with E-state index in [0.29, 0.717) is 13.0 Å². The minimum absolute atomic E-state index is 0. The number of benzene rings is 2. The van der Waals surface area contributed by atoms with Crippen LogP contribution in [0.4, 0.5) is 0 Å². The molecule has 0 bridgehead atoms. The molecule has 2 rings (SSSR count). The second-order valence-corrected chi connectivity index (χ2v) is 6.12. The number of hydrogen-bond donors (Lipinski definition) is 2. The molecule has 0 radical (unpaired) electrons. The molecule has 124 valence electrons. The molecule has 0 spiro atoms. The van der Waals surface area contributed by atoms with Crippen molar-refractivity contribution in [2.24, 2.45) is 0 Å². The predicted octanol–water partition coefficient (Wildman–Crippen LogP) is 3.88. The van der Waals surface area contributed by atoms with Crippen LogP contribution in [0.2, 0.25) is 0 Å². The molecule has 0 saturated heterocycles. The van der Waals surface area contributed by atoms with Gasteiger partial charge in [-0.05, 0) is 43.8 Å². The van der Waals surface area contributed by atoms with E-state index in [2.05, 4.69) is 34.9 Å². The molecule has 5 heteroatoms. The zero-order valence-corrected chi connectivity index (χ0v) is 14.9. The fourth-order valence-electron chi connectivity index (χ4n) is 2.07. The molecule has 0 heterocycles. The Bertz CT molecular complexity index is 593. The third-order valence-corrected chi connectivity index (χ3v) is 4.38. The van der Waals surface area contributed by atoms with Gasteiger partial charge in [0, 0.05) is 22.8 Å². The molecule has 0 aliphatic carbocycles. The van der Waals surface area contributed by atoms with Gasteiger partial charge in [0.1, 0.15) is 0 Å². The Labute approximate surface area is 148 Å². The van der Waals surface area contributed by atoms with Gasteiger partial charge >= 0.3 is 0 Å². The van der Waals surface area contributed by atoms with Crippen LogP contribution in [0, 0.1) is 0 Å². The van der Waals surface area contributed by atoms with Crippen molar-refractivity contribution >= 4 is 30.1 Å². The number of nitrogens with one attached hydrogen (secondary N) is 2. The van der Waals surface area contributed by atoms with Crippen molar-refractivity contribution in [1.82, 2.24) is 10.6 Å². The first kappa shape index (κ1) is 19.6. The highest BCUT2D eigenvalue weighted by molar-refractivity contribution is 7.99. The summed E-state index contributed by atoms with van der Waals surface area (Å²) in [7, 11) is 1.90. The molecule has 3 nitrogen and oxygen atoms in total. The topological polar surface area (TPSA) is 41.1 Å². The van der Waals surface area contributed by atoms with Crippen LogP contribution in [0.3, 0.4) is 0 Å². The summed E-state index contributed by atoms with van der Waals surface area (Å²) in [5.74, 6) is 0.106. The van der Waals surface area contributed by atoms with Gasteiger partial charge in [-0.2, -0.15) is 0 Å². The van der Waals surface area contributed by atoms with Crippen LogP contribution in [0.25, 0.3) is 0 Å². The molecule has 23 heavy (non-hydrogen) atoms. The summed E-state index contributed by atoms with van der Waals surface area (Å²) < 4.78 is 0. The van der Waals surface area contributed by atoms with Gasteiger partial charge in [0.25, 0.3) is 0 Å². The van der Waals surface area contributed by atoms with Crippen LogP contribution in [0.15, 0.2) is 64.4 Å². The second kappa shape index (κ2) is 11.1. The fraction of sp³-hybridized carbons (Fsp3) is 0.278. The number of amides is 1. The zero-order valence-electron chi connectivity index (χ0n) is 13.2. The highest BCUT2D eigenvalue weighted by atomic mass is 35.5. The van der Waals surface area contributed by atoms with Crippen LogP contribution in [-0.4, -0.2) is 19.5 Å². The number of rotatable bonds is 8. The van der Waals surface area contributed by atoms with Crippen molar-refractivity contribution in [1.29, 1.82) is 0 Å². The SMILES string of the molecule is CNCCCC(=O)NCc1ccccc1Sc1ccccc1.Cl. The van der Waals surface area contributed by atoms with E-state index in [9.17, 15) is 4.79 Å². The molecule has 0 aliphatic rings. The maximum Gasteiger partial charge on any atom is 0.220 e. The lowest BCUT2D eigenvalue weighted by molar-refractivity contribution is -0.121. The number of hydrogen-bond acceptors (Lipinski definition) is 3. The van der Waals surface area contributed by atoms with Gasteiger partial charge in [-0.15, -0.1) is 12.4 Å². The van der Waals surface area contributed by atoms with Crippen molar-refractivity contribution in [2.45, 2.75) is 29.2 Å². The molecule has 2 N–H and O–H groups in total. The summed E-state index contributed by atoms with van der Waals surface area (Å²) in [6.45, 7) is 1.45. The van der Waals surface area contributed by atoms with E-state index in [1.165, 1.54) is 9.79 Å². The predicted molar refractivity (Wildman–Crippen MR) is 99.3 cm³/mol. The lowest BCUT2D eigenvalue weighted by atomic mass is 10.2. The summed E-state index contributed by atoms with van der Waals surface area (Å²) in [6.07, 6.45) is 1.43. The Hall–Kier alpha value is -1.49. The Morgan fingerprint density at radius 3 is 2.48 bits per heavy atom. The van der Waals surface area contributed by atoms with Gasteiger partial charge in [0.15, 0.2) is 0 Å². The lowest BCUT2D eigenvalue weighted by Gasteiger charge is -2.10. The van der Waals surface area contributed by atoms with Crippen molar-refractivity contribution in [3.8, 4) is 0 Å². The number of carbonyl (C=O) groups is 1. The minimum atomic E-state index is 0. The Kier molecular flexibility index (Phi) is 9.45. The molecule has 1 amide bonds. The molecule has 0 aliphatic heterocycles. The van der Waals surface area contributed by atoms with E-state index >= 15 is 0 Å². The minimum Gasteiger partial charge on any atom is -0.352 e. The van der Waals surface area contributed by atoms with Gasteiger partial charge in [-0.3, -0.25) is 4.79 Å². The third-order valence-electron chi connectivity index (χ3n) is 3.25. The average Bonchev–Trinajstić information content (AvgIpc) is 2.55. The molecule has 0 saturated carbocycles. The van der Waals surface area contributed by atoms with Crippen molar-refractivity contribution in [3.63, 3.8) is 0 Å². The zero-order chi connectivity index (χ0) is 15.6. The average molecular weight is 351 g/mol. The van der Waals surface area contributed by atoms with E-state index < -0.39 is 0 Å². The molecule has 2 aromatic rings. The first-order valence-electron chi connectivity index (χ1n) is 7.51. The third kappa shape index (κ3) is 7.08. The summed E-state index contributed by atoms with van der Waals surface area (Å²) >= 11 is 1.73. The first-order valence-corrected chi connectivity index (χ1v) is 8.33. The standard InChI is InChI=1S/C18H22N2OS.ClH/c1-19-13-7-12-18(21)20-14-15-8-5-6-11-17(15)22-16-9-3-2-4-10-16;/h2-6,8-11,19H,7,12-14H2,1H3,(H,20,21);1H. The van der Waals surface area contributed by atoms with Crippen molar-refractivity contribution < 1.29 is 4.79 Å². The normalized spacial score (nSPS) is 9.96. The summed E-state index contributed by atoms with van der Waals surface area (Å²) in [4.78, 5) is 14.2. The van der Waals surface area contributed by atoms with Crippen LogP contribution >= 0.6 is 24.2 Å². The summed E-state index contributed by atoms with van der Waals surface area (Å²) in [5.41, 5.74) is 1.15. The molecule has 0 unspecified atom stereocenters. The van der Waals surface area contributed by atoms with Gasteiger partial charge in [0.2, 0.25) is 5.91 Å². The smallest absolute Gasteiger partial charge is 0.220 e. The van der Waals surface area contributed by atoms with Gasteiger partial charge < -0.3 is 10.6 Å². The monoisotopic (exact) mass is 350 g/mol. The number of carbonyl (C=O) groups excluding carboxylic acids is 1. The van der Waals surface area contributed by atoms with E-state index in [1.807, 2.05) is 37.4 Å². The van der Waals surface area contributed by atoms with Crippen LogP contribution in [-0.2, 0) is 11.3 Å². The summed E-state index contributed by atoms with van der Waals surface area (Å²) in [5, 5.41) is 6.05. The van der Waals surface area contributed by atoms with Crippen LogP contribution in [0.5, 0.6) is 0 Å². The molecule has 0 fully saturated rings. The van der Waals surface area contributed by atoms with Crippen molar-refractivity contribution in [2.75, 3.05) is 13.6 Å². The fourth-order valence-corrected chi connectivity index (χ4v) is 3.04. The van der Waals surface area contributed by atoms with Gasteiger partial charge in [-0.25, -0.2) is 0 Å². The maximum atomic E-state index is 11.8.